The molecule has 1 aromatic carbocycles. The Labute approximate surface area is 254 Å². The molecule has 1 aromatic heterocycles. The van der Waals surface area contributed by atoms with E-state index in [-0.39, 0.29) is 37.5 Å². The summed E-state index contributed by atoms with van der Waals surface area (Å²) in [7, 11) is 0. The number of carboxylic acid groups (broad SMARTS) is 1. The topological polar surface area (TPSA) is 120 Å². The van der Waals surface area contributed by atoms with Gasteiger partial charge in [-0.3, -0.25) is 19.6 Å². The van der Waals surface area contributed by atoms with Crippen molar-refractivity contribution in [3.05, 3.63) is 64.3 Å². The number of rotatable bonds is 10. The second-order valence-corrected chi connectivity index (χ2v) is 12.3. The van der Waals surface area contributed by atoms with Gasteiger partial charge < -0.3 is 19.6 Å². The molecule has 0 bridgehead atoms. The molecule has 3 aliphatic heterocycles. The molecule has 10 nitrogen and oxygen atoms in total. The first-order valence-corrected chi connectivity index (χ1v) is 14.7. The summed E-state index contributed by atoms with van der Waals surface area (Å²) in [5, 5.41) is 12.7. The molecule has 0 spiro atoms. The molecule has 2 fully saturated rings. The Bertz CT molecular complexity index is 1500. The highest BCUT2D eigenvalue weighted by atomic mass is 19.3. The maximum Gasteiger partial charge on any atom is 0.338 e. The number of carbonyl (C=O) groups excluding carboxylic acids is 1. The highest BCUT2D eigenvalue weighted by Gasteiger charge is 2.59. The smallest absolute Gasteiger partial charge is 0.338 e. The number of aliphatic imine (C=N–C) groups is 1. The van der Waals surface area contributed by atoms with Crippen LogP contribution in [-0.2, 0) is 14.3 Å². The van der Waals surface area contributed by atoms with E-state index in [9.17, 15) is 19.1 Å². The van der Waals surface area contributed by atoms with Crippen molar-refractivity contribution in [2.45, 2.75) is 71.5 Å². The van der Waals surface area contributed by atoms with E-state index >= 15 is 8.78 Å². The van der Waals surface area contributed by atoms with Gasteiger partial charge >= 0.3 is 11.9 Å². The van der Waals surface area contributed by atoms with Gasteiger partial charge in [0.05, 0.1) is 30.2 Å². The van der Waals surface area contributed by atoms with Crippen LogP contribution < -0.4 is 5.32 Å². The van der Waals surface area contributed by atoms with Gasteiger partial charge in [0, 0.05) is 24.8 Å². The first-order chi connectivity index (χ1) is 20.7. The van der Waals surface area contributed by atoms with Crippen molar-refractivity contribution < 1.29 is 37.0 Å². The highest BCUT2D eigenvalue weighted by molar-refractivity contribution is 6.03. The molecule has 0 saturated carbocycles. The van der Waals surface area contributed by atoms with E-state index in [4.69, 9.17) is 14.1 Å². The van der Waals surface area contributed by atoms with E-state index in [0.29, 0.717) is 41.2 Å². The molecule has 2 saturated heterocycles. The second-order valence-electron chi connectivity index (χ2n) is 12.3. The molecule has 2 N–H and O–H groups in total. The number of benzene rings is 1. The zero-order valence-electron chi connectivity index (χ0n) is 25.5. The van der Waals surface area contributed by atoms with Crippen LogP contribution in [0.25, 0.3) is 0 Å². The van der Waals surface area contributed by atoms with Gasteiger partial charge in [-0.15, -0.1) is 0 Å². The van der Waals surface area contributed by atoms with Gasteiger partial charge in [-0.25, -0.2) is 22.9 Å². The third-order valence-corrected chi connectivity index (χ3v) is 8.94. The second kappa shape index (κ2) is 12.0. The number of fused-ring (bicyclic) bond motifs is 1. The van der Waals surface area contributed by atoms with Crippen molar-refractivity contribution in [1.82, 2.24) is 20.1 Å². The number of carbonyl (C=O) groups is 2. The largest absolute Gasteiger partial charge is 0.481 e. The molecule has 44 heavy (non-hydrogen) atoms. The van der Waals surface area contributed by atoms with Crippen LogP contribution in [0.1, 0.15) is 62.2 Å². The monoisotopic (exact) mass is 617 g/mol. The third-order valence-electron chi connectivity index (χ3n) is 8.94. The van der Waals surface area contributed by atoms with Gasteiger partial charge in [0.1, 0.15) is 23.3 Å². The minimum Gasteiger partial charge on any atom is -0.481 e. The summed E-state index contributed by atoms with van der Waals surface area (Å²) in [6.07, 6.45) is 1.93. The van der Waals surface area contributed by atoms with E-state index in [0.717, 1.165) is 0 Å². The number of carboxylic acids is 1. The molecule has 3 atom stereocenters. The number of amidine groups is 1. The average Bonchev–Trinajstić information content (AvgIpc) is 3.65. The molecule has 4 heterocycles. The van der Waals surface area contributed by atoms with E-state index < -0.39 is 53.8 Å². The molecule has 0 amide bonds. The van der Waals surface area contributed by atoms with Gasteiger partial charge in [-0.05, 0) is 71.2 Å². The number of hydrogen-bond donors (Lipinski definition) is 2. The number of oxazole rings is 1. The molecule has 5 rings (SSSR count). The molecule has 2 aromatic rings. The summed E-state index contributed by atoms with van der Waals surface area (Å²) in [5.74, 6) is -4.49. The Hall–Kier alpha value is -3.71. The Morgan fingerprint density at radius 1 is 1.25 bits per heavy atom. The highest BCUT2D eigenvalue weighted by Crippen LogP contribution is 2.43. The lowest BCUT2D eigenvalue weighted by Crippen LogP contribution is -2.46. The van der Waals surface area contributed by atoms with Crippen LogP contribution in [0, 0.1) is 25.1 Å². The van der Waals surface area contributed by atoms with Gasteiger partial charge in [-0.1, -0.05) is 12.1 Å². The van der Waals surface area contributed by atoms with Crippen molar-refractivity contribution in [3.63, 3.8) is 0 Å². The lowest BCUT2D eigenvalue weighted by atomic mass is 9.89. The van der Waals surface area contributed by atoms with Crippen LogP contribution in [0.2, 0.25) is 0 Å². The summed E-state index contributed by atoms with van der Waals surface area (Å²) in [6, 6.07) is 1.88. The third kappa shape index (κ3) is 5.86. The van der Waals surface area contributed by atoms with Crippen LogP contribution in [0.4, 0.5) is 13.2 Å². The number of halogens is 3. The lowest BCUT2D eigenvalue weighted by molar-refractivity contribution is -0.147. The lowest BCUT2D eigenvalue weighted by Gasteiger charge is -2.31. The van der Waals surface area contributed by atoms with Gasteiger partial charge in [-0.2, -0.15) is 0 Å². The van der Waals surface area contributed by atoms with Crippen molar-refractivity contribution in [3.8, 4) is 0 Å². The predicted molar refractivity (Wildman–Crippen MR) is 155 cm³/mol. The number of hydrogen-bond acceptors (Lipinski definition) is 9. The summed E-state index contributed by atoms with van der Waals surface area (Å²) in [5.41, 5.74) is 0.479. The Balaban J connectivity index is 1.52. The van der Waals surface area contributed by atoms with Gasteiger partial charge in [0.25, 0.3) is 5.92 Å². The first kappa shape index (κ1) is 31.7. The zero-order chi connectivity index (χ0) is 32.0. The molecule has 13 heteroatoms. The van der Waals surface area contributed by atoms with E-state index in [1.165, 1.54) is 18.5 Å². The molecule has 0 unspecified atom stereocenters. The van der Waals surface area contributed by atoms with Crippen molar-refractivity contribution >= 4 is 17.8 Å². The Morgan fingerprint density at radius 3 is 2.66 bits per heavy atom. The molecule has 0 radical (unpaired) electrons. The number of nitrogens with zero attached hydrogens (tertiary/aromatic N) is 4. The van der Waals surface area contributed by atoms with Crippen molar-refractivity contribution in [2.24, 2.45) is 10.4 Å². The van der Waals surface area contributed by atoms with Crippen molar-refractivity contribution in [2.75, 3.05) is 32.8 Å². The number of alkyl halides is 2. The first-order valence-electron chi connectivity index (χ1n) is 14.7. The molecule has 0 aliphatic carbocycles. The van der Waals surface area contributed by atoms with Crippen LogP contribution >= 0.6 is 0 Å². The normalized spacial score (nSPS) is 23.8. The number of ether oxygens (including phenoxy) is 1. The molecule has 3 aliphatic rings. The van der Waals surface area contributed by atoms with Gasteiger partial charge in [0.15, 0.2) is 12.2 Å². The van der Waals surface area contributed by atoms with Crippen molar-refractivity contribution in [1.29, 1.82) is 0 Å². The fourth-order valence-electron chi connectivity index (χ4n) is 6.38. The molecular formula is C31H38F3N5O5. The average molecular weight is 618 g/mol. The van der Waals surface area contributed by atoms with E-state index in [1.54, 1.807) is 50.5 Å². The standard InChI is InChI=1S/C31H38F3N5O5/c1-6-43-28(40)23-21(14-39-15-31(33,34)26-22(39)10-12-38(26)13-11-30(4,5)29(41)42)36-27(24-18(3)44-16-35-24)37-25(23)19-8-7-9-20(32)17(19)2/h7-9,16,22,25-26H,6,10-15H2,1-5H3,(H,36,37)(H,41,42)/t22-,25+,26+/m0/s1. The number of aliphatic carboxylic acids is 1. The summed E-state index contributed by atoms with van der Waals surface area (Å²) in [4.78, 5) is 37.5. The van der Waals surface area contributed by atoms with Crippen LogP contribution in [-0.4, -0.2) is 88.5 Å². The summed E-state index contributed by atoms with van der Waals surface area (Å²) < 4.78 is 56.9. The number of esters is 1. The summed E-state index contributed by atoms with van der Waals surface area (Å²) in [6.45, 7) is 8.21. The van der Waals surface area contributed by atoms with E-state index in [2.05, 4.69) is 10.3 Å². The Kier molecular flexibility index (Phi) is 8.65. The van der Waals surface area contributed by atoms with E-state index in [1.807, 2.05) is 0 Å². The minimum absolute atomic E-state index is 0.0554. The number of likely N-dealkylation sites (tertiary alicyclic amines) is 2. The zero-order valence-corrected chi connectivity index (χ0v) is 25.5. The van der Waals surface area contributed by atoms with Crippen LogP contribution in [0.3, 0.4) is 0 Å². The molecular weight excluding hydrogens is 579 g/mol. The van der Waals surface area contributed by atoms with Crippen LogP contribution in [0.15, 0.2) is 45.3 Å². The predicted octanol–water partition coefficient (Wildman–Crippen LogP) is 4.23. The number of nitrogens with one attached hydrogen (secondary N) is 1. The number of aryl methyl sites for hydroxylation is 1. The maximum absolute atomic E-state index is 15.7. The fourth-order valence-corrected chi connectivity index (χ4v) is 6.38. The maximum atomic E-state index is 15.7. The minimum atomic E-state index is -3.08. The Morgan fingerprint density at radius 2 is 2.00 bits per heavy atom. The quantitative estimate of drug-likeness (QED) is 0.378. The van der Waals surface area contributed by atoms with Gasteiger partial charge in [0.2, 0.25) is 0 Å². The number of aromatic nitrogens is 1. The fraction of sp³-hybridized carbons (Fsp3) is 0.548. The molecule has 238 valence electrons. The summed E-state index contributed by atoms with van der Waals surface area (Å²) >= 11 is 0. The SMILES string of the molecule is CCOC(=O)C1=C(CN2CC(F)(F)[C@H]3[C@@H]2CCN3CCC(C)(C)C(=O)O)NC(c2ncoc2C)=N[C@@H]1c1cccc(F)c1C. The van der Waals surface area contributed by atoms with Crippen LogP contribution in [0.5, 0.6) is 0 Å².